The van der Waals surface area contributed by atoms with E-state index in [2.05, 4.69) is 9.97 Å². The van der Waals surface area contributed by atoms with Gasteiger partial charge in [-0.1, -0.05) is 24.3 Å². The number of nitrogens with zero attached hydrogens (tertiary/aromatic N) is 1. The van der Waals surface area contributed by atoms with Gasteiger partial charge in [-0.15, -0.1) is 0 Å². The van der Waals surface area contributed by atoms with Gasteiger partial charge in [0.2, 0.25) is 0 Å². The molecule has 5 nitrogen and oxygen atoms in total. The molecule has 0 saturated carbocycles. The Kier molecular flexibility index (Phi) is 4.79. The van der Waals surface area contributed by atoms with Crippen LogP contribution in [0, 0.1) is 11.6 Å². The zero-order valence-electron chi connectivity index (χ0n) is 15.3. The average Bonchev–Trinajstić information content (AvgIpc) is 3.10. The number of ether oxygens (including phenoxy) is 1. The molecule has 0 aliphatic carbocycles. The van der Waals surface area contributed by atoms with Gasteiger partial charge in [-0.05, 0) is 35.9 Å². The van der Waals surface area contributed by atoms with Gasteiger partial charge in [0.1, 0.15) is 18.2 Å². The van der Waals surface area contributed by atoms with E-state index in [-0.39, 0.29) is 17.3 Å². The molecule has 0 spiro atoms. The van der Waals surface area contributed by atoms with Crippen molar-refractivity contribution in [1.29, 1.82) is 0 Å². The predicted octanol–water partition coefficient (Wildman–Crippen LogP) is 4.49. The second-order valence-electron chi connectivity index (χ2n) is 6.55. The van der Waals surface area contributed by atoms with Crippen LogP contribution in [0.2, 0.25) is 0 Å². The summed E-state index contributed by atoms with van der Waals surface area (Å²) in [6.07, 6.45) is 1.17. The molecule has 1 N–H and O–H groups in total. The van der Waals surface area contributed by atoms with Gasteiger partial charge in [0, 0.05) is 17.9 Å². The molecule has 0 unspecified atom stereocenters. The van der Waals surface area contributed by atoms with E-state index in [9.17, 15) is 17.2 Å². The third-order valence-electron chi connectivity index (χ3n) is 4.40. The fraction of sp³-hybridized carbons (Fsp3) is 0.0952. The molecular formula is C21H16F2N2O3S. The standard InChI is InChI=1S/C21H16F2N2O3S/c1-29(26,27)20-5-3-2-4-15(20)13-6-9-18-19(10-13)25-21(24-18)12-28-14-7-8-16(22)17(23)11-14/h2-11H,12H2,1H3,(H,24,25). The lowest BCUT2D eigenvalue weighted by molar-refractivity contribution is 0.295. The Morgan fingerprint density at radius 3 is 2.55 bits per heavy atom. The fourth-order valence-corrected chi connectivity index (χ4v) is 3.95. The number of sulfone groups is 1. The molecule has 0 amide bonds. The monoisotopic (exact) mass is 414 g/mol. The number of hydrogen-bond acceptors (Lipinski definition) is 4. The average molecular weight is 414 g/mol. The first-order valence-corrected chi connectivity index (χ1v) is 10.6. The van der Waals surface area contributed by atoms with Crippen molar-refractivity contribution < 1.29 is 21.9 Å². The Morgan fingerprint density at radius 2 is 1.79 bits per heavy atom. The van der Waals surface area contributed by atoms with Gasteiger partial charge >= 0.3 is 0 Å². The maximum Gasteiger partial charge on any atom is 0.176 e. The number of benzene rings is 3. The van der Waals surface area contributed by atoms with Gasteiger partial charge in [0.15, 0.2) is 21.5 Å². The highest BCUT2D eigenvalue weighted by Crippen LogP contribution is 2.29. The quantitative estimate of drug-likeness (QED) is 0.522. The van der Waals surface area contributed by atoms with Crippen molar-refractivity contribution in [3.8, 4) is 16.9 Å². The van der Waals surface area contributed by atoms with E-state index >= 15 is 0 Å². The summed E-state index contributed by atoms with van der Waals surface area (Å²) in [4.78, 5) is 7.79. The minimum absolute atomic E-state index is 0.0367. The van der Waals surface area contributed by atoms with Gasteiger partial charge in [0.25, 0.3) is 0 Å². The van der Waals surface area contributed by atoms with Crippen LogP contribution in [0.3, 0.4) is 0 Å². The first-order chi connectivity index (χ1) is 13.8. The summed E-state index contributed by atoms with van der Waals surface area (Å²) in [6.45, 7) is 0.0367. The zero-order chi connectivity index (χ0) is 20.6. The fourth-order valence-electron chi connectivity index (χ4n) is 3.04. The smallest absolute Gasteiger partial charge is 0.176 e. The highest BCUT2D eigenvalue weighted by atomic mass is 32.2. The molecule has 4 rings (SSSR count). The van der Waals surface area contributed by atoms with Crippen molar-refractivity contribution in [2.24, 2.45) is 0 Å². The number of halogens is 2. The maximum atomic E-state index is 13.3. The number of fused-ring (bicyclic) bond motifs is 1. The van der Waals surface area contributed by atoms with E-state index in [1.54, 1.807) is 36.4 Å². The minimum Gasteiger partial charge on any atom is -0.486 e. The molecule has 0 aliphatic rings. The third-order valence-corrected chi connectivity index (χ3v) is 5.55. The lowest BCUT2D eigenvalue weighted by Gasteiger charge is -2.07. The number of nitrogens with one attached hydrogen (secondary N) is 1. The predicted molar refractivity (Wildman–Crippen MR) is 105 cm³/mol. The number of imidazole rings is 1. The molecule has 148 valence electrons. The topological polar surface area (TPSA) is 72.0 Å². The Hall–Kier alpha value is -3.26. The number of H-pyrrole nitrogens is 1. The van der Waals surface area contributed by atoms with Crippen LogP contribution < -0.4 is 4.74 Å². The van der Waals surface area contributed by atoms with Crippen LogP contribution in [-0.2, 0) is 16.4 Å². The molecular weight excluding hydrogens is 398 g/mol. The minimum atomic E-state index is -3.38. The summed E-state index contributed by atoms with van der Waals surface area (Å²) in [5.41, 5.74) is 2.70. The van der Waals surface area contributed by atoms with Crippen LogP contribution in [-0.4, -0.2) is 24.6 Å². The molecule has 0 fully saturated rings. The Morgan fingerprint density at radius 1 is 1.00 bits per heavy atom. The highest BCUT2D eigenvalue weighted by molar-refractivity contribution is 7.90. The number of aromatic nitrogens is 2. The Bertz CT molecular complexity index is 1320. The summed E-state index contributed by atoms with van der Waals surface area (Å²) < 4.78 is 55.9. The van der Waals surface area contributed by atoms with Gasteiger partial charge in [-0.25, -0.2) is 22.2 Å². The molecule has 0 bridgehead atoms. The molecule has 1 aromatic heterocycles. The van der Waals surface area contributed by atoms with E-state index in [1.807, 2.05) is 6.07 Å². The van der Waals surface area contributed by atoms with Crippen molar-refractivity contribution in [2.45, 2.75) is 11.5 Å². The highest BCUT2D eigenvalue weighted by Gasteiger charge is 2.15. The third kappa shape index (κ3) is 3.97. The van der Waals surface area contributed by atoms with Crippen molar-refractivity contribution in [1.82, 2.24) is 9.97 Å². The lowest BCUT2D eigenvalue weighted by Crippen LogP contribution is -1.99. The summed E-state index contributed by atoms with van der Waals surface area (Å²) in [5, 5.41) is 0. The van der Waals surface area contributed by atoms with E-state index in [0.717, 1.165) is 23.2 Å². The molecule has 4 aromatic rings. The van der Waals surface area contributed by atoms with Crippen molar-refractivity contribution in [3.05, 3.63) is 78.1 Å². The first-order valence-electron chi connectivity index (χ1n) is 8.67. The molecule has 0 aliphatic heterocycles. The van der Waals surface area contributed by atoms with Crippen LogP contribution in [0.15, 0.2) is 65.6 Å². The summed E-state index contributed by atoms with van der Waals surface area (Å²) in [7, 11) is -3.38. The zero-order valence-corrected chi connectivity index (χ0v) is 16.1. The Labute approximate surface area is 165 Å². The number of aromatic amines is 1. The molecule has 0 saturated heterocycles. The van der Waals surface area contributed by atoms with Gasteiger partial charge in [0.05, 0.1) is 15.9 Å². The Balaban J connectivity index is 1.63. The van der Waals surface area contributed by atoms with Crippen molar-refractivity contribution >= 4 is 20.9 Å². The van der Waals surface area contributed by atoms with Crippen molar-refractivity contribution in [2.75, 3.05) is 6.26 Å². The number of hydrogen-bond donors (Lipinski definition) is 1. The van der Waals surface area contributed by atoms with Gasteiger partial charge in [-0.3, -0.25) is 0 Å². The second-order valence-corrected chi connectivity index (χ2v) is 8.53. The largest absolute Gasteiger partial charge is 0.486 e. The van der Waals surface area contributed by atoms with Gasteiger partial charge < -0.3 is 9.72 Å². The summed E-state index contributed by atoms with van der Waals surface area (Å²) in [6, 6.07) is 15.5. The van der Waals surface area contributed by atoms with Crippen molar-refractivity contribution in [3.63, 3.8) is 0 Å². The van der Waals surface area contributed by atoms with Crippen LogP contribution in [0.1, 0.15) is 5.82 Å². The second kappa shape index (κ2) is 7.29. The van der Waals surface area contributed by atoms with Crippen LogP contribution in [0.5, 0.6) is 5.75 Å². The lowest BCUT2D eigenvalue weighted by atomic mass is 10.1. The van der Waals surface area contributed by atoms with Crippen LogP contribution in [0.4, 0.5) is 8.78 Å². The summed E-state index contributed by atoms with van der Waals surface area (Å²) >= 11 is 0. The van der Waals surface area contributed by atoms with E-state index in [4.69, 9.17) is 4.74 Å². The SMILES string of the molecule is CS(=O)(=O)c1ccccc1-c1ccc2[nH]c(COc3ccc(F)c(F)c3)nc2c1. The van der Waals surface area contributed by atoms with Crippen LogP contribution in [0.25, 0.3) is 22.2 Å². The van der Waals surface area contributed by atoms with Gasteiger partial charge in [-0.2, -0.15) is 0 Å². The molecule has 8 heteroatoms. The summed E-state index contributed by atoms with van der Waals surface area (Å²) in [5.74, 6) is -1.24. The van der Waals surface area contributed by atoms with E-state index in [1.165, 1.54) is 12.3 Å². The maximum absolute atomic E-state index is 13.3. The van der Waals surface area contributed by atoms with Crippen LogP contribution >= 0.6 is 0 Å². The molecule has 1 heterocycles. The normalized spacial score (nSPS) is 11.7. The molecule has 3 aromatic carbocycles. The van der Waals surface area contributed by atoms with E-state index < -0.39 is 21.5 Å². The first kappa shape index (κ1) is 19.1. The van der Waals surface area contributed by atoms with E-state index in [0.29, 0.717) is 16.9 Å². The molecule has 0 radical (unpaired) electrons. The number of rotatable bonds is 5. The molecule has 29 heavy (non-hydrogen) atoms. The molecule has 0 atom stereocenters.